The highest BCUT2D eigenvalue weighted by molar-refractivity contribution is 7.17. The van der Waals surface area contributed by atoms with Gasteiger partial charge in [-0.25, -0.2) is 9.37 Å². The Kier molecular flexibility index (Phi) is 5.63. The molecule has 0 radical (unpaired) electrons. The highest BCUT2D eigenvalue weighted by atomic mass is 32.1. The second-order valence-electron chi connectivity index (χ2n) is 7.36. The Hall–Kier alpha value is -3.07. The second-order valence-corrected chi connectivity index (χ2v) is 8.36. The van der Waals surface area contributed by atoms with Crippen molar-refractivity contribution in [2.75, 3.05) is 13.1 Å². The van der Waals surface area contributed by atoms with Gasteiger partial charge in [0.05, 0.1) is 17.5 Å². The van der Waals surface area contributed by atoms with Crippen LogP contribution in [0.25, 0.3) is 10.6 Å². The number of carbonyl (C=O) groups is 2. The summed E-state index contributed by atoms with van der Waals surface area (Å²) >= 11 is 1.37. The summed E-state index contributed by atoms with van der Waals surface area (Å²) < 4.78 is 15.5. The van der Waals surface area contributed by atoms with Gasteiger partial charge in [0.1, 0.15) is 15.7 Å². The molecule has 1 aromatic carbocycles. The summed E-state index contributed by atoms with van der Waals surface area (Å²) in [4.78, 5) is 32.3. The molecule has 0 saturated carbocycles. The molecule has 156 valence electrons. The average Bonchev–Trinajstić information content (AvgIpc) is 3.34. The maximum Gasteiger partial charge on any atom is 0.265 e. The van der Waals surface area contributed by atoms with Crippen molar-refractivity contribution in [1.29, 1.82) is 0 Å². The average molecular weight is 428 g/mol. The highest BCUT2D eigenvalue weighted by Gasteiger charge is 2.28. The van der Waals surface area contributed by atoms with Crippen LogP contribution >= 0.6 is 11.3 Å². The number of piperidine rings is 1. The number of thiazole rings is 1. The number of hydrogen-bond donors (Lipinski definition) is 1. The first-order valence-electron chi connectivity index (χ1n) is 9.73. The van der Waals surface area contributed by atoms with Gasteiger partial charge >= 0.3 is 0 Å². The van der Waals surface area contributed by atoms with Crippen LogP contribution in [0.2, 0.25) is 0 Å². The van der Waals surface area contributed by atoms with Crippen LogP contribution in [-0.4, -0.2) is 50.6 Å². The van der Waals surface area contributed by atoms with Crippen LogP contribution < -0.4 is 5.32 Å². The summed E-state index contributed by atoms with van der Waals surface area (Å²) in [6.07, 6.45) is 4.85. The van der Waals surface area contributed by atoms with Gasteiger partial charge in [0.2, 0.25) is 0 Å². The molecule has 1 saturated heterocycles. The summed E-state index contributed by atoms with van der Waals surface area (Å²) in [7, 11) is 1.84. The van der Waals surface area contributed by atoms with Crippen LogP contribution in [0.3, 0.4) is 0 Å². The number of likely N-dealkylation sites (tertiary alicyclic amines) is 1. The van der Waals surface area contributed by atoms with E-state index in [-0.39, 0.29) is 17.5 Å². The summed E-state index contributed by atoms with van der Waals surface area (Å²) in [6, 6.07) is 5.84. The van der Waals surface area contributed by atoms with Gasteiger partial charge in [-0.2, -0.15) is 5.10 Å². The summed E-state index contributed by atoms with van der Waals surface area (Å²) in [5.41, 5.74) is 1.64. The van der Waals surface area contributed by atoms with Gasteiger partial charge in [-0.3, -0.25) is 14.3 Å². The number of halogens is 1. The predicted octanol–water partition coefficient (Wildman–Crippen LogP) is 3.03. The van der Waals surface area contributed by atoms with Gasteiger partial charge in [-0.1, -0.05) is 12.1 Å². The van der Waals surface area contributed by atoms with Crippen molar-refractivity contribution in [2.24, 2.45) is 7.05 Å². The molecule has 2 amide bonds. The zero-order chi connectivity index (χ0) is 21.3. The fourth-order valence-corrected chi connectivity index (χ4v) is 4.54. The molecule has 1 N–H and O–H groups in total. The predicted molar refractivity (Wildman–Crippen MR) is 112 cm³/mol. The van der Waals surface area contributed by atoms with Crippen LogP contribution in [0.5, 0.6) is 0 Å². The largest absolute Gasteiger partial charge is 0.349 e. The van der Waals surface area contributed by atoms with Gasteiger partial charge < -0.3 is 10.2 Å². The Morgan fingerprint density at radius 3 is 2.63 bits per heavy atom. The maximum atomic E-state index is 13.8. The second kappa shape index (κ2) is 8.35. The molecule has 1 aliphatic rings. The first kappa shape index (κ1) is 20.2. The van der Waals surface area contributed by atoms with Crippen LogP contribution in [0.4, 0.5) is 4.39 Å². The Bertz CT molecular complexity index is 1080. The molecule has 3 aromatic rings. The molecule has 0 atom stereocenters. The van der Waals surface area contributed by atoms with Crippen molar-refractivity contribution in [1.82, 2.24) is 25.0 Å². The molecule has 4 rings (SSSR count). The molecule has 0 aliphatic carbocycles. The lowest BCUT2D eigenvalue weighted by atomic mass is 10.0. The van der Waals surface area contributed by atoms with Crippen molar-refractivity contribution >= 4 is 23.2 Å². The quantitative estimate of drug-likeness (QED) is 0.694. The molecule has 30 heavy (non-hydrogen) atoms. The molecule has 7 nitrogen and oxygen atoms in total. The number of aromatic nitrogens is 3. The molecule has 3 heterocycles. The SMILES string of the molecule is Cc1nc(-c2cnn(C)c2)sc1C(=O)N1CCC(NC(=O)c2ccccc2F)CC1. The standard InChI is InChI=1S/C21H22FN5O2S/c1-13-18(30-20(24-13)14-11-23-26(2)12-14)21(29)27-9-7-15(8-10-27)25-19(28)16-5-3-4-6-17(16)22/h3-6,11-12,15H,7-10H2,1-2H3,(H,25,28). The number of amides is 2. The number of aryl methyl sites for hydroxylation is 2. The number of carbonyl (C=O) groups excluding carboxylic acids is 2. The molecule has 1 fully saturated rings. The van der Waals surface area contributed by atoms with E-state index in [1.54, 1.807) is 27.9 Å². The van der Waals surface area contributed by atoms with E-state index in [1.807, 2.05) is 20.2 Å². The van der Waals surface area contributed by atoms with E-state index in [2.05, 4.69) is 15.4 Å². The van der Waals surface area contributed by atoms with Gasteiger partial charge in [0.25, 0.3) is 11.8 Å². The number of rotatable bonds is 4. The summed E-state index contributed by atoms with van der Waals surface area (Å²) in [6.45, 7) is 2.90. The minimum absolute atomic E-state index is 0.0409. The van der Waals surface area contributed by atoms with Crippen LogP contribution in [0.1, 0.15) is 38.6 Å². The van der Waals surface area contributed by atoms with Gasteiger partial charge in [0.15, 0.2) is 0 Å². The van der Waals surface area contributed by atoms with Crippen molar-refractivity contribution in [3.05, 3.63) is 58.6 Å². The lowest BCUT2D eigenvalue weighted by Gasteiger charge is -2.32. The van der Waals surface area contributed by atoms with Gasteiger partial charge in [-0.05, 0) is 31.9 Å². The van der Waals surface area contributed by atoms with Crippen molar-refractivity contribution in [2.45, 2.75) is 25.8 Å². The van der Waals surface area contributed by atoms with Crippen LogP contribution in [0, 0.1) is 12.7 Å². The Labute approximate surface area is 177 Å². The maximum absolute atomic E-state index is 13.8. The number of hydrogen-bond acceptors (Lipinski definition) is 5. The number of nitrogens with one attached hydrogen (secondary N) is 1. The molecular formula is C21H22FN5O2S. The molecule has 0 unspecified atom stereocenters. The van der Waals surface area contributed by atoms with Crippen molar-refractivity contribution in [3.63, 3.8) is 0 Å². The number of nitrogens with zero attached hydrogens (tertiary/aromatic N) is 4. The van der Waals surface area contributed by atoms with E-state index >= 15 is 0 Å². The van der Waals surface area contributed by atoms with Gasteiger partial charge in [0, 0.05) is 37.9 Å². The molecule has 0 spiro atoms. The van der Waals surface area contributed by atoms with Crippen molar-refractivity contribution < 1.29 is 14.0 Å². The first-order valence-corrected chi connectivity index (χ1v) is 10.5. The Morgan fingerprint density at radius 1 is 1.23 bits per heavy atom. The normalized spacial score (nSPS) is 14.7. The topological polar surface area (TPSA) is 80.1 Å². The molecule has 2 aromatic heterocycles. The monoisotopic (exact) mass is 427 g/mol. The zero-order valence-corrected chi connectivity index (χ0v) is 17.6. The lowest BCUT2D eigenvalue weighted by Crippen LogP contribution is -2.46. The molecular weight excluding hydrogens is 405 g/mol. The number of benzene rings is 1. The van der Waals surface area contributed by atoms with E-state index < -0.39 is 11.7 Å². The van der Waals surface area contributed by atoms with Crippen LogP contribution in [-0.2, 0) is 7.05 Å². The highest BCUT2D eigenvalue weighted by Crippen LogP contribution is 2.29. The lowest BCUT2D eigenvalue weighted by molar-refractivity contribution is 0.0701. The minimum Gasteiger partial charge on any atom is -0.349 e. The van der Waals surface area contributed by atoms with Gasteiger partial charge in [-0.15, -0.1) is 11.3 Å². The fourth-order valence-electron chi connectivity index (χ4n) is 3.53. The van der Waals surface area contributed by atoms with E-state index in [4.69, 9.17) is 0 Å². The summed E-state index contributed by atoms with van der Waals surface area (Å²) in [5.74, 6) is -0.996. The van der Waals surface area contributed by atoms with E-state index in [0.29, 0.717) is 36.5 Å². The third kappa shape index (κ3) is 4.11. The van der Waals surface area contributed by atoms with E-state index in [9.17, 15) is 14.0 Å². The Balaban J connectivity index is 1.37. The summed E-state index contributed by atoms with van der Waals surface area (Å²) in [5, 5.41) is 7.81. The molecule has 0 bridgehead atoms. The third-order valence-electron chi connectivity index (χ3n) is 5.18. The third-order valence-corrected chi connectivity index (χ3v) is 6.37. The molecule has 1 aliphatic heterocycles. The van der Waals surface area contributed by atoms with E-state index in [0.717, 1.165) is 10.6 Å². The Morgan fingerprint density at radius 2 is 1.97 bits per heavy atom. The minimum atomic E-state index is -0.535. The van der Waals surface area contributed by atoms with Crippen LogP contribution in [0.15, 0.2) is 36.7 Å². The zero-order valence-electron chi connectivity index (χ0n) is 16.8. The smallest absolute Gasteiger partial charge is 0.265 e. The molecule has 9 heteroatoms. The van der Waals surface area contributed by atoms with E-state index in [1.165, 1.54) is 23.5 Å². The fraction of sp³-hybridized carbons (Fsp3) is 0.333. The first-order chi connectivity index (χ1) is 14.4. The van der Waals surface area contributed by atoms with Crippen molar-refractivity contribution in [3.8, 4) is 10.6 Å².